The Morgan fingerprint density at radius 1 is 1.10 bits per heavy atom. The Morgan fingerprint density at radius 3 is 2.59 bits per heavy atom. The van der Waals surface area contributed by atoms with Crippen molar-refractivity contribution in [1.29, 1.82) is 0 Å². The van der Waals surface area contributed by atoms with Crippen molar-refractivity contribution in [3.05, 3.63) is 101 Å². The Labute approximate surface area is 240 Å². The van der Waals surface area contributed by atoms with Crippen molar-refractivity contribution in [3.8, 4) is 22.9 Å². The number of aromatic nitrogens is 3. The molecular formula is C29H28BrN5O3S. The molecular weight excluding hydrogens is 578 g/mol. The average Bonchev–Trinajstić information content (AvgIpc) is 3.33. The molecule has 4 rings (SSSR count). The standard InChI is InChI=1S/C29H28BrN5O3S/c1-20(2)17-35-28(23-10-12-24(30)13-11-23)33-34-29(35)39-19-27(36)32-31-16-22-9-14-25(37-3)26(15-22)38-18-21-7-5-4-6-8-21/h4-16H,1,17-19H2,2-3H3,(H,32,36). The van der Waals surface area contributed by atoms with Crippen molar-refractivity contribution < 1.29 is 14.3 Å². The van der Waals surface area contributed by atoms with Gasteiger partial charge in [0.05, 0.1) is 19.1 Å². The van der Waals surface area contributed by atoms with Gasteiger partial charge in [-0.25, -0.2) is 5.43 Å². The highest BCUT2D eigenvalue weighted by atomic mass is 79.9. The van der Waals surface area contributed by atoms with Crippen LogP contribution in [0.15, 0.2) is 99.7 Å². The number of amides is 1. The summed E-state index contributed by atoms with van der Waals surface area (Å²) >= 11 is 4.75. The molecule has 0 aliphatic heterocycles. The van der Waals surface area contributed by atoms with Crippen LogP contribution in [0.1, 0.15) is 18.1 Å². The minimum absolute atomic E-state index is 0.125. The second kappa shape index (κ2) is 13.8. The number of nitrogens with zero attached hydrogens (tertiary/aromatic N) is 4. The number of ether oxygens (including phenoxy) is 2. The van der Waals surface area contributed by atoms with Crippen molar-refractivity contribution >= 4 is 39.8 Å². The molecule has 0 fully saturated rings. The van der Waals surface area contributed by atoms with Crippen molar-refractivity contribution in [3.63, 3.8) is 0 Å². The highest BCUT2D eigenvalue weighted by Crippen LogP contribution is 2.29. The number of halogens is 1. The lowest BCUT2D eigenvalue weighted by Crippen LogP contribution is -2.20. The first-order valence-corrected chi connectivity index (χ1v) is 13.8. The summed E-state index contributed by atoms with van der Waals surface area (Å²) in [5, 5.41) is 13.4. The minimum atomic E-state index is -0.264. The summed E-state index contributed by atoms with van der Waals surface area (Å²) in [5.41, 5.74) is 6.26. The van der Waals surface area contributed by atoms with Crippen LogP contribution in [0.3, 0.4) is 0 Å². The van der Waals surface area contributed by atoms with E-state index >= 15 is 0 Å². The lowest BCUT2D eigenvalue weighted by Gasteiger charge is -2.11. The Hall–Kier alpha value is -3.89. The largest absolute Gasteiger partial charge is 0.493 e. The summed E-state index contributed by atoms with van der Waals surface area (Å²) < 4.78 is 14.3. The maximum atomic E-state index is 12.5. The number of hydrogen-bond acceptors (Lipinski definition) is 7. The number of hydrogen-bond donors (Lipinski definition) is 1. The van der Waals surface area contributed by atoms with Gasteiger partial charge in [-0.05, 0) is 48.4 Å². The molecule has 4 aromatic rings. The van der Waals surface area contributed by atoms with Gasteiger partial charge in [-0.3, -0.25) is 9.36 Å². The summed E-state index contributed by atoms with van der Waals surface area (Å²) in [6.45, 7) is 6.92. The highest BCUT2D eigenvalue weighted by Gasteiger charge is 2.16. The van der Waals surface area contributed by atoms with E-state index in [0.29, 0.717) is 29.8 Å². The lowest BCUT2D eigenvalue weighted by molar-refractivity contribution is -0.118. The fourth-order valence-electron chi connectivity index (χ4n) is 3.58. The van der Waals surface area contributed by atoms with Crippen molar-refractivity contribution in [2.75, 3.05) is 12.9 Å². The zero-order valence-electron chi connectivity index (χ0n) is 21.6. The molecule has 200 valence electrons. The van der Waals surface area contributed by atoms with Gasteiger partial charge in [0.2, 0.25) is 0 Å². The van der Waals surface area contributed by atoms with Crippen LogP contribution in [-0.2, 0) is 17.9 Å². The van der Waals surface area contributed by atoms with E-state index in [0.717, 1.165) is 32.6 Å². The second-order valence-corrected chi connectivity index (χ2v) is 10.5. The van der Waals surface area contributed by atoms with Gasteiger partial charge in [0, 0.05) is 16.6 Å². The van der Waals surface area contributed by atoms with Gasteiger partial charge in [0.25, 0.3) is 5.91 Å². The van der Waals surface area contributed by atoms with Crippen LogP contribution in [0.4, 0.5) is 0 Å². The van der Waals surface area contributed by atoms with Crippen molar-refractivity contribution in [2.45, 2.75) is 25.2 Å². The topological polar surface area (TPSA) is 90.6 Å². The molecule has 0 saturated heterocycles. The van der Waals surface area contributed by atoms with Crippen molar-refractivity contribution in [1.82, 2.24) is 20.2 Å². The molecule has 0 aliphatic rings. The third-order valence-corrected chi connectivity index (χ3v) is 6.90. The third kappa shape index (κ3) is 8.05. The SMILES string of the molecule is C=C(C)Cn1c(SCC(=O)NN=Cc2ccc(OC)c(OCc3ccccc3)c2)nnc1-c1ccc(Br)cc1. The number of carbonyl (C=O) groups excluding carboxylic acids is 1. The molecule has 0 saturated carbocycles. The molecule has 0 unspecified atom stereocenters. The van der Waals surface area contributed by atoms with E-state index in [1.54, 1.807) is 19.4 Å². The fourth-order valence-corrected chi connectivity index (χ4v) is 4.58. The number of nitrogens with one attached hydrogen (secondary N) is 1. The van der Waals surface area contributed by atoms with Gasteiger partial charge in [0.15, 0.2) is 22.5 Å². The van der Waals surface area contributed by atoms with Crippen LogP contribution in [0, 0.1) is 0 Å². The molecule has 0 spiro atoms. The van der Waals surface area contributed by atoms with E-state index in [2.05, 4.69) is 43.2 Å². The van der Waals surface area contributed by atoms with Crippen LogP contribution in [0.25, 0.3) is 11.4 Å². The summed E-state index contributed by atoms with van der Waals surface area (Å²) in [6, 6.07) is 23.2. The highest BCUT2D eigenvalue weighted by molar-refractivity contribution is 9.10. The van der Waals surface area contributed by atoms with E-state index in [4.69, 9.17) is 9.47 Å². The van der Waals surface area contributed by atoms with E-state index in [-0.39, 0.29) is 11.7 Å². The molecule has 0 aliphatic carbocycles. The van der Waals surface area contributed by atoms with Gasteiger partial charge < -0.3 is 9.47 Å². The predicted octanol–water partition coefficient (Wildman–Crippen LogP) is 6.11. The maximum absolute atomic E-state index is 12.5. The van der Waals surface area contributed by atoms with Crippen LogP contribution in [0.2, 0.25) is 0 Å². The van der Waals surface area contributed by atoms with Crippen LogP contribution >= 0.6 is 27.7 Å². The number of rotatable bonds is 12. The average molecular weight is 607 g/mol. The molecule has 0 atom stereocenters. The zero-order valence-corrected chi connectivity index (χ0v) is 24.0. The van der Waals surface area contributed by atoms with Crippen LogP contribution in [0.5, 0.6) is 11.5 Å². The van der Waals surface area contributed by atoms with E-state index < -0.39 is 0 Å². The Morgan fingerprint density at radius 2 is 1.87 bits per heavy atom. The van der Waals surface area contributed by atoms with Gasteiger partial charge in [-0.15, -0.1) is 10.2 Å². The first-order chi connectivity index (χ1) is 18.9. The molecule has 1 heterocycles. The molecule has 0 radical (unpaired) electrons. The second-order valence-electron chi connectivity index (χ2n) is 8.62. The molecule has 3 aromatic carbocycles. The van der Waals surface area contributed by atoms with E-state index in [1.807, 2.05) is 78.2 Å². The smallest absolute Gasteiger partial charge is 0.250 e. The number of benzene rings is 3. The molecule has 1 amide bonds. The maximum Gasteiger partial charge on any atom is 0.250 e. The van der Waals surface area contributed by atoms with Gasteiger partial charge in [0.1, 0.15) is 6.61 Å². The predicted molar refractivity (Wildman–Crippen MR) is 158 cm³/mol. The van der Waals surface area contributed by atoms with Gasteiger partial charge >= 0.3 is 0 Å². The molecule has 1 N–H and O–H groups in total. The van der Waals surface area contributed by atoms with Gasteiger partial charge in [-0.1, -0.05) is 82.3 Å². The first kappa shape index (κ1) is 28.1. The zero-order chi connectivity index (χ0) is 27.6. The molecule has 0 bridgehead atoms. The van der Waals surface area contributed by atoms with Gasteiger partial charge in [-0.2, -0.15) is 5.10 Å². The normalized spacial score (nSPS) is 10.9. The number of allylic oxidation sites excluding steroid dienone is 1. The Kier molecular flexibility index (Phi) is 9.93. The summed E-state index contributed by atoms with van der Waals surface area (Å²) in [7, 11) is 1.59. The summed E-state index contributed by atoms with van der Waals surface area (Å²) in [4.78, 5) is 12.5. The number of carbonyl (C=O) groups is 1. The summed E-state index contributed by atoms with van der Waals surface area (Å²) in [5.74, 6) is 1.78. The first-order valence-electron chi connectivity index (χ1n) is 12.1. The summed E-state index contributed by atoms with van der Waals surface area (Å²) in [6.07, 6.45) is 1.56. The number of hydrazone groups is 1. The van der Waals surface area contributed by atoms with Crippen LogP contribution in [-0.4, -0.2) is 39.7 Å². The van der Waals surface area contributed by atoms with Crippen LogP contribution < -0.4 is 14.9 Å². The van der Waals surface area contributed by atoms with Crippen molar-refractivity contribution in [2.24, 2.45) is 5.10 Å². The van der Waals surface area contributed by atoms with E-state index in [9.17, 15) is 4.79 Å². The minimum Gasteiger partial charge on any atom is -0.493 e. The fraction of sp³-hybridized carbons (Fsp3) is 0.172. The molecule has 8 nitrogen and oxygen atoms in total. The molecule has 39 heavy (non-hydrogen) atoms. The Balaban J connectivity index is 1.36. The lowest BCUT2D eigenvalue weighted by atomic mass is 10.2. The Bertz CT molecular complexity index is 1460. The molecule has 10 heteroatoms. The number of methoxy groups -OCH3 is 1. The number of thioether (sulfide) groups is 1. The quantitative estimate of drug-likeness (QED) is 0.0906. The monoisotopic (exact) mass is 605 g/mol. The molecule has 1 aromatic heterocycles. The third-order valence-electron chi connectivity index (χ3n) is 5.41. The van der Waals surface area contributed by atoms with E-state index in [1.165, 1.54) is 11.8 Å².